The summed E-state index contributed by atoms with van der Waals surface area (Å²) in [4.78, 5) is 25.8. The van der Waals surface area contributed by atoms with Crippen molar-refractivity contribution in [1.82, 2.24) is 24.8 Å². The molecule has 0 aliphatic heterocycles. The van der Waals surface area contributed by atoms with Crippen molar-refractivity contribution in [2.45, 2.75) is 19.2 Å². The largest absolute Gasteiger partial charge is 0.486 e. The Kier molecular flexibility index (Phi) is 6.09. The van der Waals surface area contributed by atoms with Crippen LogP contribution in [0.3, 0.4) is 0 Å². The number of fused-ring (bicyclic) bond motifs is 2. The van der Waals surface area contributed by atoms with Crippen molar-refractivity contribution >= 4 is 28.0 Å². The summed E-state index contributed by atoms with van der Waals surface area (Å²) in [5, 5.41) is 3.25. The Morgan fingerprint density at radius 2 is 1.62 bits per heavy atom. The van der Waals surface area contributed by atoms with Crippen LogP contribution in [-0.2, 0) is 17.9 Å². The number of hydrogen-bond donors (Lipinski definition) is 2. The molecule has 1 atom stereocenters. The SMILES string of the molecule is O=C(Cn1c(COc2ccccc2)nc2ccccc21)NC(c1ccccc1)c1ccc2nc[nH]c2c1. The van der Waals surface area contributed by atoms with E-state index in [4.69, 9.17) is 9.72 Å². The van der Waals surface area contributed by atoms with Crippen molar-refractivity contribution < 1.29 is 9.53 Å². The third-order valence-corrected chi connectivity index (χ3v) is 6.36. The summed E-state index contributed by atoms with van der Waals surface area (Å²) in [6.45, 7) is 0.369. The molecule has 0 bridgehead atoms. The summed E-state index contributed by atoms with van der Waals surface area (Å²) in [7, 11) is 0. The molecule has 7 heteroatoms. The van der Waals surface area contributed by atoms with E-state index >= 15 is 0 Å². The first-order valence-electron chi connectivity index (χ1n) is 12.1. The van der Waals surface area contributed by atoms with Crippen LogP contribution in [0.25, 0.3) is 22.1 Å². The molecule has 0 saturated carbocycles. The maximum atomic E-state index is 13.5. The zero-order chi connectivity index (χ0) is 25.0. The number of carbonyl (C=O) groups is 1. The van der Waals surface area contributed by atoms with Gasteiger partial charge in [0, 0.05) is 0 Å². The molecule has 4 aromatic carbocycles. The van der Waals surface area contributed by atoms with E-state index in [0.29, 0.717) is 5.82 Å². The second-order valence-corrected chi connectivity index (χ2v) is 8.79. The number of ether oxygens (including phenoxy) is 1. The number of hydrogen-bond acceptors (Lipinski definition) is 4. The van der Waals surface area contributed by atoms with E-state index < -0.39 is 0 Å². The van der Waals surface area contributed by atoms with Gasteiger partial charge < -0.3 is 19.6 Å². The monoisotopic (exact) mass is 487 g/mol. The van der Waals surface area contributed by atoms with Crippen LogP contribution in [0, 0.1) is 0 Å². The number of nitrogens with one attached hydrogen (secondary N) is 2. The quantitative estimate of drug-likeness (QED) is 0.301. The molecular formula is C30H25N5O2. The molecule has 6 rings (SSSR count). The summed E-state index contributed by atoms with van der Waals surface area (Å²) >= 11 is 0. The van der Waals surface area contributed by atoms with Crippen molar-refractivity contribution in [3.05, 3.63) is 126 Å². The van der Waals surface area contributed by atoms with E-state index in [9.17, 15) is 4.79 Å². The number of benzene rings is 4. The van der Waals surface area contributed by atoms with Crippen molar-refractivity contribution in [3.63, 3.8) is 0 Å². The Morgan fingerprint density at radius 1 is 0.865 bits per heavy atom. The van der Waals surface area contributed by atoms with Gasteiger partial charge in [0.15, 0.2) is 0 Å². The normalized spacial score (nSPS) is 12.0. The Morgan fingerprint density at radius 3 is 2.46 bits per heavy atom. The van der Waals surface area contributed by atoms with Gasteiger partial charge in [-0.15, -0.1) is 0 Å². The van der Waals surface area contributed by atoms with Crippen molar-refractivity contribution in [1.29, 1.82) is 0 Å². The Labute approximate surface area is 213 Å². The summed E-state index contributed by atoms with van der Waals surface area (Å²) in [6.07, 6.45) is 1.67. The number of carbonyl (C=O) groups excluding carboxylic acids is 1. The fraction of sp³-hybridized carbons (Fsp3) is 0.100. The molecule has 0 radical (unpaired) electrons. The van der Waals surface area contributed by atoms with Crippen molar-refractivity contribution in [3.8, 4) is 5.75 Å². The lowest BCUT2D eigenvalue weighted by Gasteiger charge is -2.21. The third-order valence-electron chi connectivity index (χ3n) is 6.36. The minimum Gasteiger partial charge on any atom is -0.486 e. The number of nitrogens with zero attached hydrogens (tertiary/aromatic N) is 3. The minimum atomic E-state index is -0.319. The molecule has 37 heavy (non-hydrogen) atoms. The van der Waals surface area contributed by atoms with Gasteiger partial charge in [-0.3, -0.25) is 4.79 Å². The van der Waals surface area contributed by atoms with Gasteiger partial charge in [-0.2, -0.15) is 0 Å². The van der Waals surface area contributed by atoms with Gasteiger partial charge in [0.2, 0.25) is 5.91 Å². The van der Waals surface area contributed by atoms with Gasteiger partial charge in [0.05, 0.1) is 34.4 Å². The highest BCUT2D eigenvalue weighted by molar-refractivity contribution is 5.82. The summed E-state index contributed by atoms with van der Waals surface area (Å²) in [5.74, 6) is 1.32. The van der Waals surface area contributed by atoms with Gasteiger partial charge in [-0.25, -0.2) is 9.97 Å². The minimum absolute atomic E-state index is 0.115. The molecule has 0 spiro atoms. The zero-order valence-corrected chi connectivity index (χ0v) is 20.0. The van der Waals surface area contributed by atoms with Gasteiger partial charge >= 0.3 is 0 Å². The zero-order valence-electron chi connectivity index (χ0n) is 20.0. The Bertz CT molecular complexity index is 1660. The fourth-order valence-electron chi connectivity index (χ4n) is 4.56. The van der Waals surface area contributed by atoms with E-state index in [1.165, 1.54) is 0 Å². The molecule has 0 fully saturated rings. The molecule has 2 heterocycles. The average molecular weight is 488 g/mol. The van der Waals surface area contributed by atoms with Crippen molar-refractivity contribution in [2.75, 3.05) is 0 Å². The molecule has 0 aliphatic rings. The summed E-state index contributed by atoms with van der Waals surface area (Å²) in [6, 6.07) is 33.1. The first-order valence-corrected chi connectivity index (χ1v) is 12.1. The molecule has 182 valence electrons. The number of para-hydroxylation sites is 3. The van der Waals surface area contributed by atoms with E-state index in [-0.39, 0.29) is 25.1 Å². The molecule has 2 aromatic heterocycles. The van der Waals surface area contributed by atoms with E-state index in [0.717, 1.165) is 38.9 Å². The predicted molar refractivity (Wildman–Crippen MR) is 143 cm³/mol. The van der Waals surface area contributed by atoms with Crippen LogP contribution in [0.5, 0.6) is 5.75 Å². The number of rotatable bonds is 8. The van der Waals surface area contributed by atoms with Crippen LogP contribution in [0.4, 0.5) is 0 Å². The standard InChI is InChI=1S/C30H25N5O2/c36-29(34-30(21-9-3-1-4-10-21)22-15-16-24-26(17-22)32-20-31-24)18-35-27-14-8-7-13-25(27)33-28(35)19-37-23-11-5-2-6-12-23/h1-17,20,30H,18-19H2,(H,31,32)(H,34,36). The molecule has 6 aromatic rings. The molecule has 1 unspecified atom stereocenters. The number of aromatic nitrogens is 4. The highest BCUT2D eigenvalue weighted by atomic mass is 16.5. The van der Waals surface area contributed by atoms with Crippen LogP contribution in [0.2, 0.25) is 0 Å². The lowest BCUT2D eigenvalue weighted by molar-refractivity contribution is -0.122. The van der Waals surface area contributed by atoms with Crippen LogP contribution < -0.4 is 10.1 Å². The van der Waals surface area contributed by atoms with Gasteiger partial charge in [-0.1, -0.05) is 66.7 Å². The van der Waals surface area contributed by atoms with Gasteiger partial charge in [-0.05, 0) is 47.5 Å². The third kappa shape index (κ3) is 4.79. The highest BCUT2D eigenvalue weighted by Crippen LogP contribution is 2.25. The molecule has 2 N–H and O–H groups in total. The van der Waals surface area contributed by atoms with Crippen LogP contribution >= 0.6 is 0 Å². The number of amides is 1. The Balaban J connectivity index is 1.29. The van der Waals surface area contributed by atoms with E-state index in [1.54, 1.807) is 6.33 Å². The number of aromatic amines is 1. The predicted octanol–water partition coefficient (Wildman–Crippen LogP) is 5.40. The van der Waals surface area contributed by atoms with Crippen LogP contribution in [-0.4, -0.2) is 25.4 Å². The van der Waals surface area contributed by atoms with E-state index in [1.807, 2.05) is 108 Å². The first kappa shape index (κ1) is 22.5. The van der Waals surface area contributed by atoms with Gasteiger partial charge in [0.25, 0.3) is 0 Å². The lowest BCUT2D eigenvalue weighted by atomic mass is 9.98. The fourth-order valence-corrected chi connectivity index (χ4v) is 4.56. The van der Waals surface area contributed by atoms with Gasteiger partial charge in [0.1, 0.15) is 24.7 Å². The summed E-state index contributed by atoms with van der Waals surface area (Å²) in [5.41, 5.74) is 5.49. The topological polar surface area (TPSA) is 84.8 Å². The average Bonchev–Trinajstić information content (AvgIpc) is 3.56. The van der Waals surface area contributed by atoms with E-state index in [2.05, 4.69) is 15.3 Å². The molecular weight excluding hydrogens is 462 g/mol. The smallest absolute Gasteiger partial charge is 0.240 e. The van der Waals surface area contributed by atoms with Crippen LogP contribution in [0.15, 0.2) is 109 Å². The molecule has 0 aliphatic carbocycles. The number of imidazole rings is 2. The maximum Gasteiger partial charge on any atom is 0.240 e. The molecule has 7 nitrogen and oxygen atoms in total. The number of H-pyrrole nitrogens is 1. The second-order valence-electron chi connectivity index (χ2n) is 8.79. The van der Waals surface area contributed by atoms with Crippen molar-refractivity contribution in [2.24, 2.45) is 0 Å². The second kappa shape index (κ2) is 9.99. The molecule has 0 saturated heterocycles. The first-order chi connectivity index (χ1) is 18.2. The highest BCUT2D eigenvalue weighted by Gasteiger charge is 2.20. The van der Waals surface area contributed by atoms with Crippen LogP contribution in [0.1, 0.15) is 23.0 Å². The maximum absolute atomic E-state index is 13.5. The Hall–Kier alpha value is -4.91. The lowest BCUT2D eigenvalue weighted by Crippen LogP contribution is -2.32. The summed E-state index contributed by atoms with van der Waals surface area (Å²) < 4.78 is 7.90. The molecule has 1 amide bonds.